The number of aliphatic hydroxyl groups is 1. The van der Waals surface area contributed by atoms with Crippen LogP contribution in [0.15, 0.2) is 36.5 Å². The zero-order valence-corrected chi connectivity index (χ0v) is 9.68. The van der Waals surface area contributed by atoms with Crippen molar-refractivity contribution in [2.45, 2.75) is 18.9 Å². The van der Waals surface area contributed by atoms with E-state index >= 15 is 0 Å². The van der Waals surface area contributed by atoms with E-state index in [1.807, 2.05) is 19.3 Å². The minimum absolute atomic E-state index is 0.257. The molecule has 0 saturated heterocycles. The van der Waals surface area contributed by atoms with Crippen LogP contribution in [0.1, 0.15) is 11.3 Å². The summed E-state index contributed by atoms with van der Waals surface area (Å²) in [6, 6.07) is 8.08. The molecule has 0 radical (unpaired) electrons. The molecule has 3 nitrogen and oxygen atoms in total. The molecule has 2 aromatic rings. The van der Waals surface area contributed by atoms with Crippen LogP contribution in [0, 0.1) is 5.82 Å². The van der Waals surface area contributed by atoms with Crippen LogP contribution in [0.5, 0.6) is 0 Å². The van der Waals surface area contributed by atoms with E-state index < -0.39 is 6.10 Å². The summed E-state index contributed by atoms with van der Waals surface area (Å²) in [7, 11) is 1.84. The number of aromatic nitrogens is 2. The lowest BCUT2D eigenvalue weighted by Crippen LogP contribution is -2.14. The van der Waals surface area contributed by atoms with Crippen LogP contribution in [-0.2, 0) is 19.9 Å². The number of halogens is 1. The van der Waals surface area contributed by atoms with E-state index in [1.54, 1.807) is 16.8 Å². The fourth-order valence-corrected chi connectivity index (χ4v) is 1.78. The average Bonchev–Trinajstić information content (AvgIpc) is 2.67. The first-order valence-corrected chi connectivity index (χ1v) is 5.54. The summed E-state index contributed by atoms with van der Waals surface area (Å²) in [6.45, 7) is 0. The van der Waals surface area contributed by atoms with Gasteiger partial charge >= 0.3 is 0 Å². The molecule has 0 saturated carbocycles. The monoisotopic (exact) mass is 234 g/mol. The van der Waals surface area contributed by atoms with Crippen LogP contribution in [-0.4, -0.2) is 21.0 Å². The molecule has 1 aromatic carbocycles. The molecule has 0 spiro atoms. The lowest BCUT2D eigenvalue weighted by atomic mass is 10.0. The fourth-order valence-electron chi connectivity index (χ4n) is 1.78. The van der Waals surface area contributed by atoms with Gasteiger partial charge in [0.05, 0.1) is 11.8 Å². The Morgan fingerprint density at radius 1 is 1.24 bits per heavy atom. The van der Waals surface area contributed by atoms with Crippen LogP contribution in [0.25, 0.3) is 0 Å². The van der Waals surface area contributed by atoms with Gasteiger partial charge in [0.1, 0.15) is 5.82 Å². The van der Waals surface area contributed by atoms with E-state index in [9.17, 15) is 9.50 Å². The number of aliphatic hydroxyl groups excluding tert-OH is 1. The third-order valence-electron chi connectivity index (χ3n) is 2.60. The molecule has 0 aliphatic heterocycles. The molecule has 1 unspecified atom stereocenters. The standard InChI is InChI=1S/C13H15FN2O/c1-16-7-6-12(15-16)9-13(17)8-10-2-4-11(14)5-3-10/h2-7,13,17H,8-9H2,1H3. The maximum Gasteiger partial charge on any atom is 0.123 e. The summed E-state index contributed by atoms with van der Waals surface area (Å²) in [5.41, 5.74) is 1.79. The summed E-state index contributed by atoms with van der Waals surface area (Å²) in [4.78, 5) is 0. The Morgan fingerprint density at radius 3 is 2.53 bits per heavy atom. The first-order chi connectivity index (χ1) is 8.13. The number of benzene rings is 1. The Labute approximate surface area is 99.5 Å². The van der Waals surface area contributed by atoms with Crippen molar-refractivity contribution in [2.75, 3.05) is 0 Å². The number of nitrogens with zero attached hydrogens (tertiary/aromatic N) is 2. The van der Waals surface area contributed by atoms with Crippen molar-refractivity contribution in [1.29, 1.82) is 0 Å². The summed E-state index contributed by atoms with van der Waals surface area (Å²) in [5, 5.41) is 14.1. The van der Waals surface area contributed by atoms with Gasteiger partial charge in [-0.1, -0.05) is 12.1 Å². The molecule has 4 heteroatoms. The van der Waals surface area contributed by atoms with Gasteiger partial charge in [0.15, 0.2) is 0 Å². The molecule has 90 valence electrons. The van der Waals surface area contributed by atoms with Crippen LogP contribution in [0.4, 0.5) is 4.39 Å². The highest BCUT2D eigenvalue weighted by Gasteiger charge is 2.08. The van der Waals surface area contributed by atoms with Crippen molar-refractivity contribution < 1.29 is 9.50 Å². The highest BCUT2D eigenvalue weighted by Crippen LogP contribution is 2.09. The van der Waals surface area contributed by atoms with Gasteiger partial charge in [0.25, 0.3) is 0 Å². The van der Waals surface area contributed by atoms with Crippen LogP contribution < -0.4 is 0 Å². The largest absolute Gasteiger partial charge is 0.392 e. The fraction of sp³-hybridized carbons (Fsp3) is 0.308. The number of hydrogen-bond donors (Lipinski definition) is 1. The van der Waals surface area contributed by atoms with Gasteiger partial charge in [-0.15, -0.1) is 0 Å². The summed E-state index contributed by atoms with van der Waals surface area (Å²) in [5.74, 6) is -0.257. The number of hydrogen-bond acceptors (Lipinski definition) is 2. The minimum Gasteiger partial charge on any atom is -0.392 e. The first-order valence-electron chi connectivity index (χ1n) is 5.54. The van der Waals surface area contributed by atoms with Crippen molar-refractivity contribution in [2.24, 2.45) is 7.05 Å². The van der Waals surface area contributed by atoms with Crippen molar-refractivity contribution in [3.05, 3.63) is 53.6 Å². The van der Waals surface area contributed by atoms with Crippen molar-refractivity contribution >= 4 is 0 Å². The molecule has 1 heterocycles. The van der Waals surface area contributed by atoms with Gasteiger partial charge in [0.2, 0.25) is 0 Å². The molecule has 17 heavy (non-hydrogen) atoms. The Balaban J connectivity index is 1.93. The smallest absolute Gasteiger partial charge is 0.123 e. The SMILES string of the molecule is Cn1ccc(CC(O)Cc2ccc(F)cc2)n1. The first kappa shape index (κ1) is 11.8. The van der Waals surface area contributed by atoms with E-state index in [2.05, 4.69) is 5.10 Å². The third-order valence-corrected chi connectivity index (χ3v) is 2.60. The number of rotatable bonds is 4. The number of aryl methyl sites for hydroxylation is 1. The Kier molecular flexibility index (Phi) is 3.54. The molecule has 1 aromatic heterocycles. The van der Waals surface area contributed by atoms with Crippen LogP contribution >= 0.6 is 0 Å². The molecular weight excluding hydrogens is 219 g/mol. The van der Waals surface area contributed by atoms with E-state index in [-0.39, 0.29) is 5.82 Å². The van der Waals surface area contributed by atoms with Gasteiger partial charge in [-0.3, -0.25) is 4.68 Å². The lowest BCUT2D eigenvalue weighted by Gasteiger charge is -2.08. The molecule has 1 atom stereocenters. The second-order valence-corrected chi connectivity index (χ2v) is 4.17. The minimum atomic E-state index is -0.490. The molecule has 2 rings (SSSR count). The van der Waals surface area contributed by atoms with Gasteiger partial charge in [0, 0.05) is 19.7 Å². The Bertz CT molecular complexity index is 478. The van der Waals surface area contributed by atoms with E-state index in [0.29, 0.717) is 12.8 Å². The normalized spacial score (nSPS) is 12.6. The molecule has 0 aliphatic carbocycles. The van der Waals surface area contributed by atoms with E-state index in [0.717, 1.165) is 11.3 Å². The molecule has 0 fully saturated rings. The maximum absolute atomic E-state index is 12.7. The lowest BCUT2D eigenvalue weighted by molar-refractivity contribution is 0.174. The van der Waals surface area contributed by atoms with Crippen molar-refractivity contribution in [1.82, 2.24) is 9.78 Å². The van der Waals surface area contributed by atoms with Gasteiger partial charge in [-0.25, -0.2) is 4.39 Å². The molecule has 1 N–H and O–H groups in total. The molecular formula is C13H15FN2O. The highest BCUT2D eigenvalue weighted by molar-refractivity contribution is 5.17. The van der Waals surface area contributed by atoms with E-state index in [1.165, 1.54) is 12.1 Å². The zero-order chi connectivity index (χ0) is 12.3. The van der Waals surface area contributed by atoms with Crippen molar-refractivity contribution in [3.8, 4) is 0 Å². The quantitative estimate of drug-likeness (QED) is 0.874. The summed E-state index contributed by atoms with van der Waals surface area (Å²) >= 11 is 0. The zero-order valence-electron chi connectivity index (χ0n) is 9.68. The molecule has 0 amide bonds. The third kappa shape index (κ3) is 3.39. The maximum atomic E-state index is 12.7. The average molecular weight is 234 g/mol. The van der Waals surface area contributed by atoms with Crippen molar-refractivity contribution in [3.63, 3.8) is 0 Å². The highest BCUT2D eigenvalue weighted by atomic mass is 19.1. The van der Waals surface area contributed by atoms with Gasteiger partial charge < -0.3 is 5.11 Å². The van der Waals surface area contributed by atoms with Gasteiger partial charge in [-0.05, 0) is 30.2 Å². The Morgan fingerprint density at radius 2 is 1.94 bits per heavy atom. The predicted octanol–water partition coefficient (Wildman–Crippen LogP) is 1.71. The molecule has 0 bridgehead atoms. The topological polar surface area (TPSA) is 38.0 Å². The summed E-state index contributed by atoms with van der Waals surface area (Å²) < 4.78 is 14.4. The van der Waals surface area contributed by atoms with Crippen LogP contribution in [0.3, 0.4) is 0 Å². The van der Waals surface area contributed by atoms with Gasteiger partial charge in [-0.2, -0.15) is 5.10 Å². The second-order valence-electron chi connectivity index (χ2n) is 4.17. The summed E-state index contributed by atoms with van der Waals surface area (Å²) in [6.07, 6.45) is 2.38. The van der Waals surface area contributed by atoms with E-state index in [4.69, 9.17) is 0 Å². The predicted molar refractivity (Wildman–Crippen MR) is 63.0 cm³/mol. The second kappa shape index (κ2) is 5.10. The van der Waals surface area contributed by atoms with Crippen LogP contribution in [0.2, 0.25) is 0 Å². The Hall–Kier alpha value is -1.68. The molecule has 0 aliphatic rings.